The molecular formula is C32H37NO3. The molecule has 188 valence electrons. The zero-order valence-electron chi connectivity index (χ0n) is 21.4. The monoisotopic (exact) mass is 483 g/mol. The van der Waals surface area contributed by atoms with Crippen molar-refractivity contribution in [1.82, 2.24) is 0 Å². The van der Waals surface area contributed by atoms with Crippen molar-refractivity contribution in [2.24, 2.45) is 11.8 Å². The van der Waals surface area contributed by atoms with E-state index >= 15 is 0 Å². The molecular weight excluding hydrogens is 446 g/mol. The fourth-order valence-electron chi connectivity index (χ4n) is 5.77. The first-order chi connectivity index (χ1) is 17.6. The van der Waals surface area contributed by atoms with Crippen LogP contribution in [0.3, 0.4) is 0 Å². The summed E-state index contributed by atoms with van der Waals surface area (Å²) >= 11 is 0. The van der Waals surface area contributed by atoms with E-state index in [4.69, 9.17) is 9.47 Å². The summed E-state index contributed by atoms with van der Waals surface area (Å²) in [5.74, 6) is 1.97. The highest BCUT2D eigenvalue weighted by Gasteiger charge is 2.34. The third-order valence-corrected chi connectivity index (χ3v) is 7.80. The molecule has 1 saturated heterocycles. The number of ether oxygens (including phenoxy) is 2. The number of benzene rings is 3. The lowest BCUT2D eigenvalue weighted by molar-refractivity contribution is -0.118. The molecule has 1 amide bonds. The van der Waals surface area contributed by atoms with Gasteiger partial charge in [0, 0.05) is 11.6 Å². The second kappa shape index (κ2) is 11.3. The smallest absolute Gasteiger partial charge is 0.262 e. The summed E-state index contributed by atoms with van der Waals surface area (Å²) in [6.07, 6.45) is 5.72. The second-order valence-corrected chi connectivity index (χ2v) is 10.6. The number of fused-ring (bicyclic) bond motifs is 1. The van der Waals surface area contributed by atoms with Crippen molar-refractivity contribution in [3.05, 3.63) is 95.1 Å². The molecule has 0 saturated carbocycles. The van der Waals surface area contributed by atoms with Crippen LogP contribution in [0.2, 0.25) is 0 Å². The van der Waals surface area contributed by atoms with E-state index in [2.05, 4.69) is 67.7 Å². The highest BCUT2D eigenvalue weighted by molar-refractivity contribution is 5.92. The number of carbonyl (C=O) groups is 1. The number of nitrogens with one attached hydrogen (secondary N) is 1. The SMILES string of the molecule is CC(C)[C@@H]1C[C@H](c2ccccc2)CO[C@H]1c1ccc(OCC(=O)Nc2cccc3c2CCCC3)cc1. The number of carbonyl (C=O) groups excluding carboxylic acids is 1. The molecule has 4 heteroatoms. The molecule has 0 bridgehead atoms. The van der Waals surface area contributed by atoms with Gasteiger partial charge in [-0.3, -0.25) is 4.79 Å². The number of hydrogen-bond acceptors (Lipinski definition) is 3. The van der Waals surface area contributed by atoms with E-state index in [9.17, 15) is 4.79 Å². The van der Waals surface area contributed by atoms with Gasteiger partial charge >= 0.3 is 0 Å². The van der Waals surface area contributed by atoms with Gasteiger partial charge in [0.2, 0.25) is 0 Å². The molecule has 5 rings (SSSR count). The molecule has 3 aromatic rings. The summed E-state index contributed by atoms with van der Waals surface area (Å²) in [5.41, 5.74) is 6.10. The molecule has 4 nitrogen and oxygen atoms in total. The Labute approximate surface area is 215 Å². The summed E-state index contributed by atoms with van der Waals surface area (Å²) in [4.78, 5) is 12.6. The minimum atomic E-state index is -0.125. The first-order valence-electron chi connectivity index (χ1n) is 13.4. The van der Waals surface area contributed by atoms with Gasteiger partial charge < -0.3 is 14.8 Å². The molecule has 0 radical (unpaired) electrons. The molecule has 1 aliphatic carbocycles. The molecule has 0 spiro atoms. The molecule has 3 atom stereocenters. The predicted molar refractivity (Wildman–Crippen MR) is 144 cm³/mol. The Bertz CT molecular complexity index is 1160. The molecule has 1 N–H and O–H groups in total. The quantitative estimate of drug-likeness (QED) is 0.390. The van der Waals surface area contributed by atoms with Gasteiger partial charge in [0.1, 0.15) is 5.75 Å². The largest absolute Gasteiger partial charge is 0.484 e. The number of rotatable bonds is 7. The number of hydrogen-bond donors (Lipinski definition) is 1. The Hall–Kier alpha value is -3.11. The van der Waals surface area contributed by atoms with E-state index in [-0.39, 0.29) is 18.6 Å². The van der Waals surface area contributed by atoms with Crippen molar-refractivity contribution in [3.8, 4) is 5.75 Å². The van der Waals surface area contributed by atoms with Crippen LogP contribution in [0.5, 0.6) is 5.75 Å². The number of aryl methyl sites for hydroxylation is 1. The average molecular weight is 484 g/mol. The van der Waals surface area contributed by atoms with Crippen molar-refractivity contribution >= 4 is 11.6 Å². The zero-order chi connectivity index (χ0) is 24.9. The molecule has 1 fully saturated rings. The summed E-state index contributed by atoms with van der Waals surface area (Å²) in [7, 11) is 0. The van der Waals surface area contributed by atoms with E-state index < -0.39 is 0 Å². The van der Waals surface area contributed by atoms with Crippen LogP contribution in [0, 0.1) is 11.8 Å². The molecule has 2 aliphatic rings. The number of amides is 1. The van der Waals surface area contributed by atoms with Crippen LogP contribution >= 0.6 is 0 Å². The Morgan fingerprint density at radius 2 is 1.72 bits per heavy atom. The van der Waals surface area contributed by atoms with Gasteiger partial charge in [0.25, 0.3) is 5.91 Å². The lowest BCUT2D eigenvalue weighted by Gasteiger charge is -2.39. The van der Waals surface area contributed by atoms with E-state index in [0.717, 1.165) is 31.6 Å². The molecule has 1 aliphatic heterocycles. The second-order valence-electron chi connectivity index (χ2n) is 10.6. The van der Waals surface area contributed by atoms with E-state index in [1.54, 1.807) is 0 Å². The van der Waals surface area contributed by atoms with Crippen LogP contribution in [-0.2, 0) is 22.4 Å². The van der Waals surface area contributed by atoms with Gasteiger partial charge in [-0.2, -0.15) is 0 Å². The Balaban J connectivity index is 1.18. The van der Waals surface area contributed by atoms with Crippen molar-refractivity contribution in [3.63, 3.8) is 0 Å². The first-order valence-corrected chi connectivity index (χ1v) is 13.4. The van der Waals surface area contributed by atoms with E-state index in [1.165, 1.54) is 35.1 Å². The summed E-state index contributed by atoms with van der Waals surface area (Å²) < 4.78 is 12.3. The molecule has 1 heterocycles. The van der Waals surface area contributed by atoms with Gasteiger partial charge in [-0.25, -0.2) is 0 Å². The lowest BCUT2D eigenvalue weighted by atomic mass is 9.76. The van der Waals surface area contributed by atoms with Crippen molar-refractivity contribution in [2.75, 3.05) is 18.5 Å². The zero-order valence-corrected chi connectivity index (χ0v) is 21.4. The summed E-state index contributed by atoms with van der Waals surface area (Å²) in [6, 6.07) is 25.0. The van der Waals surface area contributed by atoms with Crippen LogP contribution in [0.15, 0.2) is 72.8 Å². The predicted octanol–water partition coefficient (Wildman–Crippen LogP) is 7.10. The van der Waals surface area contributed by atoms with Crippen LogP contribution in [-0.4, -0.2) is 19.1 Å². The Morgan fingerprint density at radius 3 is 2.50 bits per heavy atom. The van der Waals surface area contributed by atoms with Crippen molar-refractivity contribution in [1.29, 1.82) is 0 Å². The molecule has 0 unspecified atom stereocenters. The van der Waals surface area contributed by atoms with Crippen LogP contribution in [0.1, 0.15) is 67.4 Å². The maximum absolute atomic E-state index is 12.6. The fraction of sp³-hybridized carbons (Fsp3) is 0.406. The third-order valence-electron chi connectivity index (χ3n) is 7.80. The third kappa shape index (κ3) is 5.65. The Kier molecular flexibility index (Phi) is 7.72. The summed E-state index contributed by atoms with van der Waals surface area (Å²) in [5, 5.41) is 3.06. The Morgan fingerprint density at radius 1 is 0.944 bits per heavy atom. The van der Waals surface area contributed by atoms with Gasteiger partial charge in [-0.05, 0) is 84.4 Å². The van der Waals surface area contributed by atoms with Gasteiger partial charge in [0.15, 0.2) is 6.61 Å². The van der Waals surface area contributed by atoms with E-state index in [0.29, 0.717) is 23.5 Å². The molecule has 36 heavy (non-hydrogen) atoms. The summed E-state index contributed by atoms with van der Waals surface area (Å²) in [6.45, 7) is 5.30. The topological polar surface area (TPSA) is 47.6 Å². The van der Waals surface area contributed by atoms with Gasteiger partial charge in [-0.15, -0.1) is 0 Å². The van der Waals surface area contributed by atoms with Crippen LogP contribution in [0.4, 0.5) is 5.69 Å². The van der Waals surface area contributed by atoms with Gasteiger partial charge in [0.05, 0.1) is 12.7 Å². The average Bonchev–Trinajstić information content (AvgIpc) is 2.92. The highest BCUT2D eigenvalue weighted by atomic mass is 16.5. The van der Waals surface area contributed by atoms with Crippen LogP contribution < -0.4 is 10.1 Å². The van der Waals surface area contributed by atoms with Crippen molar-refractivity contribution in [2.45, 2.75) is 58.0 Å². The standard InChI is InChI=1S/C32H37NO3/c1-22(2)29-19-26(23-9-4-3-5-10-23)20-36-32(29)25-15-17-27(18-16-25)35-21-31(34)33-30-14-8-12-24-11-6-7-13-28(24)30/h3-5,8-10,12,14-18,22,26,29,32H,6-7,11,13,19-21H2,1-2H3,(H,33,34)/t26-,29-,32-/m0/s1. The maximum Gasteiger partial charge on any atom is 0.262 e. The minimum Gasteiger partial charge on any atom is -0.484 e. The first kappa shape index (κ1) is 24.6. The normalized spacial score (nSPS) is 21.6. The minimum absolute atomic E-state index is 0.00365. The molecule has 3 aromatic carbocycles. The molecule has 0 aromatic heterocycles. The van der Waals surface area contributed by atoms with Gasteiger partial charge in [-0.1, -0.05) is 68.4 Å². The number of anilines is 1. The maximum atomic E-state index is 12.6. The van der Waals surface area contributed by atoms with E-state index in [1.807, 2.05) is 24.3 Å². The fourth-order valence-corrected chi connectivity index (χ4v) is 5.77. The highest BCUT2D eigenvalue weighted by Crippen LogP contribution is 2.43. The lowest BCUT2D eigenvalue weighted by Crippen LogP contribution is -2.31. The van der Waals surface area contributed by atoms with Crippen molar-refractivity contribution < 1.29 is 14.3 Å². The van der Waals surface area contributed by atoms with Crippen LogP contribution in [0.25, 0.3) is 0 Å².